The number of hydrogen-bond acceptors (Lipinski definition) is 4. The SMILES string of the molecule is CC(C)c1ccc(NC(=O)[C@@H]2[C@H]3C=C[C@]4(O3)[C@H](C(=O)NC3CCCCC3)N(CCc3ccccc3Cl)C(=O)[C@@H]24)cc1. The molecule has 41 heavy (non-hydrogen) atoms. The molecule has 4 aliphatic rings. The van der Waals surface area contributed by atoms with Crippen LogP contribution in [0.25, 0.3) is 0 Å². The van der Waals surface area contributed by atoms with Gasteiger partial charge in [-0.05, 0) is 54.5 Å². The summed E-state index contributed by atoms with van der Waals surface area (Å²) in [5.41, 5.74) is 1.58. The van der Waals surface area contributed by atoms with Crippen LogP contribution in [0.3, 0.4) is 0 Å². The molecule has 1 saturated carbocycles. The zero-order chi connectivity index (χ0) is 28.7. The monoisotopic (exact) mass is 575 g/mol. The third-order valence-corrected chi connectivity index (χ3v) is 9.67. The van der Waals surface area contributed by atoms with Crippen molar-refractivity contribution < 1.29 is 19.1 Å². The number of hydrogen-bond donors (Lipinski definition) is 2. The highest BCUT2D eigenvalue weighted by Gasteiger charge is 2.72. The van der Waals surface area contributed by atoms with E-state index in [1.807, 2.05) is 60.7 Å². The Balaban J connectivity index is 1.28. The Bertz CT molecular complexity index is 1350. The average Bonchev–Trinajstić information content (AvgIpc) is 3.60. The van der Waals surface area contributed by atoms with Gasteiger partial charge in [0.25, 0.3) is 0 Å². The minimum Gasteiger partial charge on any atom is -0.359 e. The van der Waals surface area contributed by atoms with Crippen LogP contribution in [0.5, 0.6) is 0 Å². The molecule has 3 fully saturated rings. The first-order valence-corrected chi connectivity index (χ1v) is 15.3. The Labute approximate surface area is 246 Å². The molecule has 1 spiro atoms. The summed E-state index contributed by atoms with van der Waals surface area (Å²) in [6.07, 6.45) is 8.85. The van der Waals surface area contributed by atoms with Gasteiger partial charge in [-0.1, -0.05) is 87.2 Å². The van der Waals surface area contributed by atoms with Crippen molar-refractivity contribution in [3.63, 3.8) is 0 Å². The van der Waals surface area contributed by atoms with Crippen LogP contribution >= 0.6 is 11.6 Å². The summed E-state index contributed by atoms with van der Waals surface area (Å²) in [5, 5.41) is 6.87. The zero-order valence-corrected chi connectivity index (χ0v) is 24.4. The van der Waals surface area contributed by atoms with E-state index < -0.39 is 29.6 Å². The molecular weight excluding hydrogens is 538 g/mol. The molecule has 2 saturated heterocycles. The number of benzene rings is 2. The topological polar surface area (TPSA) is 87.7 Å². The third kappa shape index (κ3) is 5.08. The van der Waals surface area contributed by atoms with Crippen molar-refractivity contribution in [2.75, 3.05) is 11.9 Å². The van der Waals surface area contributed by atoms with Gasteiger partial charge in [0.2, 0.25) is 17.7 Å². The van der Waals surface area contributed by atoms with Crippen molar-refractivity contribution in [3.8, 4) is 0 Å². The van der Waals surface area contributed by atoms with Crippen LogP contribution < -0.4 is 10.6 Å². The molecule has 216 valence electrons. The van der Waals surface area contributed by atoms with E-state index in [0.717, 1.165) is 31.2 Å². The minimum absolute atomic E-state index is 0.0858. The highest BCUT2D eigenvalue weighted by Crippen LogP contribution is 2.55. The lowest BCUT2D eigenvalue weighted by Crippen LogP contribution is -2.56. The maximum Gasteiger partial charge on any atom is 0.246 e. The predicted octanol–water partition coefficient (Wildman–Crippen LogP) is 5.24. The van der Waals surface area contributed by atoms with E-state index in [-0.39, 0.29) is 23.8 Å². The van der Waals surface area contributed by atoms with E-state index in [9.17, 15) is 14.4 Å². The summed E-state index contributed by atoms with van der Waals surface area (Å²) in [6, 6.07) is 14.6. The van der Waals surface area contributed by atoms with Crippen molar-refractivity contribution in [1.29, 1.82) is 0 Å². The molecule has 0 unspecified atom stereocenters. The standard InChI is InChI=1S/C33H38ClN3O4/c1-20(2)21-12-14-24(15-13-21)35-30(38)27-26-16-18-33(41-26)28(27)32(40)37(19-17-22-8-6-7-11-25(22)34)29(33)31(39)36-23-9-4-3-5-10-23/h6-8,11-16,18,20,23,26-29H,3-5,9-10,17,19H2,1-2H3,(H,35,38)(H,36,39)/t26-,27-,28-,29+,33-/m1/s1. The number of carbonyl (C=O) groups excluding carboxylic acids is 3. The summed E-state index contributed by atoms with van der Waals surface area (Å²) in [4.78, 5) is 43.5. The summed E-state index contributed by atoms with van der Waals surface area (Å²) < 4.78 is 6.48. The fourth-order valence-electron chi connectivity index (χ4n) is 7.15. The molecule has 2 aromatic rings. The molecule has 8 heteroatoms. The van der Waals surface area contributed by atoms with Crippen LogP contribution in [0.1, 0.15) is 63.0 Å². The third-order valence-electron chi connectivity index (χ3n) is 9.30. The second kappa shape index (κ2) is 11.3. The molecule has 5 atom stereocenters. The van der Waals surface area contributed by atoms with Crippen molar-refractivity contribution in [2.45, 2.75) is 82.1 Å². The van der Waals surface area contributed by atoms with E-state index in [2.05, 4.69) is 24.5 Å². The van der Waals surface area contributed by atoms with Gasteiger partial charge in [-0.2, -0.15) is 0 Å². The van der Waals surface area contributed by atoms with E-state index >= 15 is 0 Å². The van der Waals surface area contributed by atoms with Crippen LogP contribution in [-0.4, -0.2) is 53.0 Å². The van der Waals surface area contributed by atoms with Crippen LogP contribution in [-0.2, 0) is 25.5 Å². The number of likely N-dealkylation sites (tertiary alicyclic amines) is 1. The molecule has 0 aromatic heterocycles. The fourth-order valence-corrected chi connectivity index (χ4v) is 7.38. The lowest BCUT2D eigenvalue weighted by molar-refractivity contribution is -0.141. The fraction of sp³-hybridized carbons (Fsp3) is 0.485. The molecular formula is C33H38ClN3O4. The number of ether oxygens (including phenoxy) is 1. The highest BCUT2D eigenvalue weighted by atomic mass is 35.5. The van der Waals surface area contributed by atoms with E-state index in [0.29, 0.717) is 29.6 Å². The molecule has 2 N–H and O–H groups in total. The maximum atomic E-state index is 14.2. The molecule has 0 radical (unpaired) electrons. The summed E-state index contributed by atoms with van der Waals surface area (Å²) in [7, 11) is 0. The number of fused-ring (bicyclic) bond motifs is 1. The van der Waals surface area contributed by atoms with Crippen molar-refractivity contribution in [3.05, 3.63) is 76.8 Å². The van der Waals surface area contributed by atoms with E-state index in [4.69, 9.17) is 16.3 Å². The van der Waals surface area contributed by atoms with Crippen molar-refractivity contribution >= 4 is 35.0 Å². The lowest BCUT2D eigenvalue weighted by Gasteiger charge is -2.34. The van der Waals surface area contributed by atoms with Gasteiger partial charge >= 0.3 is 0 Å². The quantitative estimate of drug-likeness (QED) is 0.421. The van der Waals surface area contributed by atoms with Crippen LogP contribution in [0, 0.1) is 11.8 Å². The van der Waals surface area contributed by atoms with Gasteiger partial charge in [0.15, 0.2) is 0 Å². The first-order valence-electron chi connectivity index (χ1n) is 14.9. The van der Waals surface area contributed by atoms with Gasteiger partial charge in [-0.3, -0.25) is 14.4 Å². The van der Waals surface area contributed by atoms with Crippen LogP contribution in [0.15, 0.2) is 60.7 Å². The Kier molecular flexibility index (Phi) is 7.68. The second-order valence-corrected chi connectivity index (χ2v) is 12.6. The Morgan fingerprint density at radius 2 is 1.78 bits per heavy atom. The maximum absolute atomic E-state index is 14.2. The molecule has 3 heterocycles. The number of halogens is 1. The smallest absolute Gasteiger partial charge is 0.246 e. The average molecular weight is 576 g/mol. The van der Waals surface area contributed by atoms with Crippen molar-refractivity contribution in [1.82, 2.24) is 10.2 Å². The van der Waals surface area contributed by atoms with Crippen molar-refractivity contribution in [2.24, 2.45) is 11.8 Å². The second-order valence-electron chi connectivity index (χ2n) is 12.2. The number of amides is 3. The predicted molar refractivity (Wildman–Crippen MR) is 159 cm³/mol. The van der Waals surface area contributed by atoms with Crippen LogP contribution in [0.2, 0.25) is 5.02 Å². The number of anilines is 1. The largest absolute Gasteiger partial charge is 0.359 e. The Morgan fingerprint density at radius 1 is 1.05 bits per heavy atom. The van der Waals surface area contributed by atoms with Gasteiger partial charge in [0.1, 0.15) is 11.6 Å². The highest BCUT2D eigenvalue weighted by molar-refractivity contribution is 6.31. The van der Waals surface area contributed by atoms with E-state index in [1.54, 1.807) is 4.90 Å². The zero-order valence-electron chi connectivity index (χ0n) is 23.6. The molecule has 1 aliphatic carbocycles. The molecule has 2 bridgehead atoms. The summed E-state index contributed by atoms with van der Waals surface area (Å²) in [6.45, 7) is 4.54. The number of nitrogens with one attached hydrogen (secondary N) is 2. The van der Waals surface area contributed by atoms with Gasteiger partial charge < -0.3 is 20.3 Å². The van der Waals surface area contributed by atoms with Gasteiger partial charge in [0, 0.05) is 23.3 Å². The summed E-state index contributed by atoms with van der Waals surface area (Å²) in [5.74, 6) is -1.82. The Morgan fingerprint density at radius 3 is 2.49 bits per heavy atom. The summed E-state index contributed by atoms with van der Waals surface area (Å²) >= 11 is 6.43. The van der Waals surface area contributed by atoms with E-state index in [1.165, 1.54) is 12.0 Å². The molecule has 2 aromatic carbocycles. The number of nitrogens with zero attached hydrogens (tertiary/aromatic N) is 1. The van der Waals surface area contributed by atoms with Gasteiger partial charge in [0.05, 0.1) is 17.9 Å². The Hall–Kier alpha value is -3.16. The minimum atomic E-state index is -1.18. The first-order chi connectivity index (χ1) is 19.8. The molecule has 7 nitrogen and oxygen atoms in total. The normalized spacial score (nSPS) is 28.8. The van der Waals surface area contributed by atoms with Gasteiger partial charge in [-0.25, -0.2) is 0 Å². The number of carbonyl (C=O) groups is 3. The first kappa shape index (κ1) is 28.0. The lowest BCUT2D eigenvalue weighted by atomic mass is 9.74. The molecule has 3 aliphatic heterocycles. The molecule has 3 amide bonds. The van der Waals surface area contributed by atoms with Crippen LogP contribution in [0.4, 0.5) is 5.69 Å². The molecule has 6 rings (SSSR count). The number of rotatable bonds is 8. The van der Waals surface area contributed by atoms with Gasteiger partial charge in [-0.15, -0.1) is 0 Å².